The highest BCUT2D eigenvalue weighted by Gasteiger charge is 2.44. The van der Waals surface area contributed by atoms with E-state index in [9.17, 15) is 20.0 Å². The lowest BCUT2D eigenvalue weighted by atomic mass is 9.71. The van der Waals surface area contributed by atoms with Crippen LogP contribution in [0.15, 0.2) is 36.4 Å². The van der Waals surface area contributed by atoms with E-state index in [1.807, 2.05) is 6.08 Å². The Morgan fingerprint density at radius 3 is 2.76 bits per heavy atom. The molecule has 1 aromatic rings. The Hall–Kier alpha value is -2.63. The summed E-state index contributed by atoms with van der Waals surface area (Å²) in [6.07, 6.45) is 12.4. The number of carboxylic acid groups (broad SMARTS) is 1. The number of nitrogens with zero attached hydrogens (tertiary/aromatic N) is 1. The van der Waals surface area contributed by atoms with Gasteiger partial charge in [0.15, 0.2) is 0 Å². The highest BCUT2D eigenvalue weighted by Crippen LogP contribution is 2.51. The van der Waals surface area contributed by atoms with Crippen LogP contribution in [0.4, 0.5) is 11.4 Å². The van der Waals surface area contributed by atoms with E-state index in [1.54, 1.807) is 0 Å². The third-order valence-electron chi connectivity index (χ3n) is 5.79. The summed E-state index contributed by atoms with van der Waals surface area (Å²) in [5, 5.41) is 24.5. The molecule has 25 heavy (non-hydrogen) atoms. The van der Waals surface area contributed by atoms with E-state index >= 15 is 0 Å². The quantitative estimate of drug-likeness (QED) is 0.491. The average Bonchev–Trinajstić information content (AvgIpc) is 3.10. The summed E-state index contributed by atoms with van der Waals surface area (Å²) >= 11 is 0. The fraction of sp³-hybridized carbons (Fsp3) is 0.421. The molecule has 0 fully saturated rings. The number of aromatic carboxylic acids is 1. The minimum Gasteiger partial charge on any atom is -0.478 e. The SMILES string of the molecule is O=C(O)c1ccc([N+](=O)[O-])c2c1N[C@@H]([C@H]1CC=CCC1)[C@@H]1CC=C[C@@H]21. The second-order valence-electron chi connectivity index (χ2n) is 7.05. The van der Waals surface area contributed by atoms with Gasteiger partial charge < -0.3 is 10.4 Å². The number of nitro groups is 1. The highest BCUT2D eigenvalue weighted by atomic mass is 16.6. The Labute approximate surface area is 145 Å². The van der Waals surface area contributed by atoms with E-state index in [4.69, 9.17) is 0 Å². The Morgan fingerprint density at radius 1 is 1.24 bits per heavy atom. The fourth-order valence-corrected chi connectivity index (χ4v) is 4.68. The summed E-state index contributed by atoms with van der Waals surface area (Å²) in [4.78, 5) is 22.8. The first-order valence-corrected chi connectivity index (χ1v) is 8.70. The zero-order chi connectivity index (χ0) is 17.6. The molecule has 6 nitrogen and oxygen atoms in total. The predicted molar refractivity (Wildman–Crippen MR) is 93.9 cm³/mol. The average molecular weight is 340 g/mol. The van der Waals surface area contributed by atoms with Crippen molar-refractivity contribution in [3.63, 3.8) is 0 Å². The van der Waals surface area contributed by atoms with Crippen LogP contribution in [0.2, 0.25) is 0 Å². The Kier molecular flexibility index (Phi) is 3.82. The van der Waals surface area contributed by atoms with Gasteiger partial charge in [0.25, 0.3) is 5.69 Å². The third kappa shape index (κ3) is 2.52. The number of benzene rings is 1. The van der Waals surface area contributed by atoms with Crippen molar-refractivity contribution in [2.45, 2.75) is 37.6 Å². The lowest BCUT2D eigenvalue weighted by Crippen LogP contribution is -2.42. The van der Waals surface area contributed by atoms with E-state index < -0.39 is 10.9 Å². The smallest absolute Gasteiger partial charge is 0.337 e. The van der Waals surface area contributed by atoms with Crippen LogP contribution in [0, 0.1) is 22.0 Å². The van der Waals surface area contributed by atoms with Crippen LogP contribution in [0.3, 0.4) is 0 Å². The number of nitro benzene ring substituents is 1. The number of anilines is 1. The highest BCUT2D eigenvalue weighted by molar-refractivity contribution is 5.97. The molecule has 1 aliphatic heterocycles. The van der Waals surface area contributed by atoms with Crippen molar-refractivity contribution < 1.29 is 14.8 Å². The maximum Gasteiger partial charge on any atom is 0.337 e. The van der Waals surface area contributed by atoms with Crippen LogP contribution in [-0.2, 0) is 0 Å². The van der Waals surface area contributed by atoms with E-state index in [0.717, 1.165) is 25.7 Å². The molecule has 2 N–H and O–H groups in total. The number of hydrogen-bond acceptors (Lipinski definition) is 4. The van der Waals surface area contributed by atoms with Gasteiger partial charge >= 0.3 is 5.97 Å². The van der Waals surface area contributed by atoms with Crippen LogP contribution in [-0.4, -0.2) is 22.0 Å². The number of allylic oxidation sites excluding steroid dienone is 4. The molecular formula is C19H20N2O4. The molecule has 0 unspecified atom stereocenters. The molecule has 0 spiro atoms. The molecule has 0 bridgehead atoms. The molecule has 0 amide bonds. The molecule has 1 aromatic carbocycles. The van der Waals surface area contributed by atoms with Gasteiger partial charge in [-0.3, -0.25) is 10.1 Å². The van der Waals surface area contributed by atoms with E-state index in [0.29, 0.717) is 17.2 Å². The van der Waals surface area contributed by atoms with Gasteiger partial charge in [-0.1, -0.05) is 24.3 Å². The van der Waals surface area contributed by atoms with Gasteiger partial charge in [-0.2, -0.15) is 0 Å². The van der Waals surface area contributed by atoms with Gasteiger partial charge in [0.2, 0.25) is 0 Å². The first-order chi connectivity index (χ1) is 12.1. The van der Waals surface area contributed by atoms with Gasteiger partial charge in [0.05, 0.1) is 21.7 Å². The van der Waals surface area contributed by atoms with E-state index in [-0.39, 0.29) is 29.1 Å². The molecule has 0 saturated carbocycles. The molecule has 4 atom stereocenters. The maximum absolute atomic E-state index is 11.7. The van der Waals surface area contributed by atoms with Gasteiger partial charge in [-0.15, -0.1) is 0 Å². The van der Waals surface area contributed by atoms with Crippen molar-refractivity contribution in [1.29, 1.82) is 0 Å². The van der Waals surface area contributed by atoms with Crippen molar-refractivity contribution in [1.82, 2.24) is 0 Å². The number of rotatable bonds is 3. The monoisotopic (exact) mass is 340 g/mol. The van der Waals surface area contributed by atoms with E-state index in [1.165, 1.54) is 12.1 Å². The summed E-state index contributed by atoms with van der Waals surface area (Å²) in [6.45, 7) is 0. The third-order valence-corrected chi connectivity index (χ3v) is 5.79. The summed E-state index contributed by atoms with van der Waals surface area (Å²) in [5.41, 5.74) is 1.10. The first kappa shape index (κ1) is 15.9. The molecule has 2 aliphatic carbocycles. The molecule has 1 heterocycles. The molecular weight excluding hydrogens is 320 g/mol. The number of fused-ring (bicyclic) bond motifs is 3. The lowest BCUT2D eigenvalue weighted by Gasteiger charge is -2.42. The normalized spacial score (nSPS) is 29.6. The Morgan fingerprint density at radius 2 is 2.08 bits per heavy atom. The molecule has 130 valence electrons. The van der Waals surface area contributed by atoms with Crippen LogP contribution >= 0.6 is 0 Å². The number of carbonyl (C=O) groups is 1. The summed E-state index contributed by atoms with van der Waals surface area (Å²) in [5.74, 6) is -0.480. The second kappa shape index (κ2) is 6.02. The molecule has 0 radical (unpaired) electrons. The van der Waals surface area contributed by atoms with Crippen molar-refractivity contribution >= 4 is 17.3 Å². The van der Waals surface area contributed by atoms with Crippen molar-refractivity contribution in [3.05, 3.63) is 57.7 Å². The topological polar surface area (TPSA) is 92.5 Å². The number of nitrogens with one attached hydrogen (secondary N) is 1. The minimum atomic E-state index is -1.05. The van der Waals surface area contributed by atoms with E-state index in [2.05, 4.69) is 23.5 Å². The molecule has 6 heteroatoms. The zero-order valence-corrected chi connectivity index (χ0v) is 13.7. The van der Waals surface area contributed by atoms with Gasteiger partial charge in [-0.25, -0.2) is 4.79 Å². The minimum absolute atomic E-state index is 0.0102. The molecule has 0 aromatic heterocycles. The zero-order valence-electron chi connectivity index (χ0n) is 13.7. The van der Waals surface area contributed by atoms with Gasteiger partial charge in [0, 0.05) is 18.0 Å². The summed E-state index contributed by atoms with van der Waals surface area (Å²) < 4.78 is 0. The van der Waals surface area contributed by atoms with Crippen LogP contribution in [0.1, 0.15) is 47.5 Å². The van der Waals surface area contributed by atoms with Crippen LogP contribution < -0.4 is 5.32 Å². The Bertz CT molecular complexity index is 799. The molecule has 4 rings (SSSR count). The number of hydrogen-bond donors (Lipinski definition) is 2. The molecule has 0 saturated heterocycles. The Balaban J connectivity index is 1.85. The summed E-state index contributed by atoms with van der Waals surface area (Å²) in [7, 11) is 0. The maximum atomic E-state index is 11.7. The first-order valence-electron chi connectivity index (χ1n) is 8.70. The van der Waals surface area contributed by atoms with Crippen LogP contribution in [0.25, 0.3) is 0 Å². The molecule has 3 aliphatic rings. The summed E-state index contributed by atoms with van der Waals surface area (Å²) in [6, 6.07) is 2.82. The standard InChI is InChI=1S/C19H20N2O4/c22-19(23)14-9-10-15(21(24)25)16-12-7-4-8-13(12)17(20-18(14)16)11-5-2-1-3-6-11/h1-2,4,7,9-13,17,20H,3,5-6,8H2,(H,22,23)/t11-,12+,13+,17-/m0/s1. The van der Waals surface area contributed by atoms with Crippen molar-refractivity contribution in [3.8, 4) is 0 Å². The largest absolute Gasteiger partial charge is 0.478 e. The number of carboxylic acids is 1. The van der Waals surface area contributed by atoms with Gasteiger partial charge in [0.1, 0.15) is 0 Å². The fourth-order valence-electron chi connectivity index (χ4n) is 4.68. The second-order valence-corrected chi connectivity index (χ2v) is 7.05. The van der Waals surface area contributed by atoms with Gasteiger partial charge in [-0.05, 0) is 43.6 Å². The van der Waals surface area contributed by atoms with Crippen LogP contribution in [0.5, 0.6) is 0 Å². The van der Waals surface area contributed by atoms with Crippen molar-refractivity contribution in [2.75, 3.05) is 5.32 Å². The lowest BCUT2D eigenvalue weighted by molar-refractivity contribution is -0.385. The van der Waals surface area contributed by atoms with Crippen molar-refractivity contribution in [2.24, 2.45) is 11.8 Å². The predicted octanol–water partition coefficient (Wildman–Crippen LogP) is 4.10.